The first-order chi connectivity index (χ1) is 7.75. The van der Waals surface area contributed by atoms with Crippen molar-refractivity contribution in [2.24, 2.45) is 0 Å². The molecule has 4 nitrogen and oxygen atoms in total. The average Bonchev–Trinajstić information content (AvgIpc) is 2.48. The summed E-state index contributed by atoms with van der Waals surface area (Å²) in [5, 5.41) is 13.6. The Morgan fingerprint density at radius 3 is 2.62 bits per heavy atom. The van der Waals surface area contributed by atoms with Gasteiger partial charge in [-0.2, -0.15) is 0 Å². The third kappa shape index (κ3) is 3.06. The van der Waals surface area contributed by atoms with Crippen LogP contribution in [0.15, 0.2) is 12.4 Å². The lowest BCUT2D eigenvalue weighted by Crippen LogP contribution is -2.33. The molecule has 1 aliphatic carbocycles. The first kappa shape index (κ1) is 11.6. The standard InChI is InChI=1S/C11H16ClN3O/c12-8-6-13-11(14-7-8)15-9-4-2-1-3-5-10(9)16/h6-7,9-10,16H,1-5H2,(H,13,14,15). The Bertz CT molecular complexity index is 331. The summed E-state index contributed by atoms with van der Waals surface area (Å²) < 4.78 is 0. The first-order valence-electron chi connectivity index (χ1n) is 5.68. The number of aromatic nitrogens is 2. The second-order valence-electron chi connectivity index (χ2n) is 4.18. The first-order valence-corrected chi connectivity index (χ1v) is 6.05. The predicted molar refractivity (Wildman–Crippen MR) is 63.5 cm³/mol. The highest BCUT2D eigenvalue weighted by atomic mass is 35.5. The number of aliphatic hydroxyl groups is 1. The molecule has 1 aliphatic rings. The van der Waals surface area contributed by atoms with E-state index in [9.17, 15) is 5.11 Å². The lowest BCUT2D eigenvalue weighted by Gasteiger charge is -2.21. The van der Waals surface area contributed by atoms with Crippen LogP contribution in [0.2, 0.25) is 5.02 Å². The molecule has 0 radical (unpaired) electrons. The van der Waals surface area contributed by atoms with Crippen molar-refractivity contribution in [3.05, 3.63) is 17.4 Å². The van der Waals surface area contributed by atoms with Crippen molar-refractivity contribution in [2.75, 3.05) is 5.32 Å². The minimum absolute atomic E-state index is 0.0590. The molecule has 2 rings (SSSR count). The Labute approximate surface area is 100 Å². The fraction of sp³-hybridized carbons (Fsp3) is 0.636. The Morgan fingerprint density at radius 1 is 1.19 bits per heavy atom. The Balaban J connectivity index is 1.99. The van der Waals surface area contributed by atoms with E-state index in [1.807, 2.05) is 0 Å². The molecule has 1 saturated carbocycles. The zero-order valence-corrected chi connectivity index (χ0v) is 9.82. The van der Waals surface area contributed by atoms with E-state index in [0.29, 0.717) is 11.0 Å². The minimum Gasteiger partial charge on any atom is -0.391 e. The van der Waals surface area contributed by atoms with Gasteiger partial charge in [0.15, 0.2) is 0 Å². The maximum atomic E-state index is 9.92. The van der Waals surface area contributed by atoms with Crippen molar-refractivity contribution in [1.82, 2.24) is 9.97 Å². The number of hydrogen-bond acceptors (Lipinski definition) is 4. The van der Waals surface area contributed by atoms with Crippen LogP contribution in [0.3, 0.4) is 0 Å². The van der Waals surface area contributed by atoms with Crippen LogP contribution in [0.4, 0.5) is 5.95 Å². The summed E-state index contributed by atoms with van der Waals surface area (Å²) in [6.45, 7) is 0. The van der Waals surface area contributed by atoms with Crippen LogP contribution in [0.5, 0.6) is 0 Å². The monoisotopic (exact) mass is 241 g/mol. The van der Waals surface area contributed by atoms with E-state index in [1.54, 1.807) is 12.4 Å². The molecular weight excluding hydrogens is 226 g/mol. The molecule has 0 amide bonds. The topological polar surface area (TPSA) is 58.0 Å². The molecule has 0 spiro atoms. The molecule has 1 aromatic rings. The number of aliphatic hydroxyl groups excluding tert-OH is 1. The number of halogens is 1. The van der Waals surface area contributed by atoms with Crippen LogP contribution in [-0.2, 0) is 0 Å². The van der Waals surface area contributed by atoms with E-state index in [-0.39, 0.29) is 12.1 Å². The van der Waals surface area contributed by atoms with Crippen molar-refractivity contribution in [1.29, 1.82) is 0 Å². The fourth-order valence-corrected chi connectivity index (χ4v) is 2.11. The molecule has 5 heteroatoms. The third-order valence-electron chi connectivity index (χ3n) is 2.91. The van der Waals surface area contributed by atoms with E-state index in [0.717, 1.165) is 25.7 Å². The molecule has 0 saturated heterocycles. The predicted octanol–water partition coefficient (Wildman–Crippen LogP) is 2.24. The summed E-state index contributed by atoms with van der Waals surface area (Å²) in [6.07, 6.45) is 8.06. The van der Waals surface area contributed by atoms with E-state index >= 15 is 0 Å². The number of rotatable bonds is 2. The van der Waals surface area contributed by atoms with Gasteiger partial charge in [-0.1, -0.05) is 30.9 Å². The van der Waals surface area contributed by atoms with Gasteiger partial charge in [0, 0.05) is 0 Å². The molecule has 0 bridgehead atoms. The molecule has 1 aromatic heterocycles. The smallest absolute Gasteiger partial charge is 0.222 e. The van der Waals surface area contributed by atoms with Crippen molar-refractivity contribution in [3.63, 3.8) is 0 Å². The highest BCUT2D eigenvalue weighted by Gasteiger charge is 2.21. The zero-order valence-electron chi connectivity index (χ0n) is 9.06. The summed E-state index contributed by atoms with van der Waals surface area (Å²) in [6, 6.07) is 0.0590. The lowest BCUT2D eigenvalue weighted by atomic mass is 10.1. The summed E-state index contributed by atoms with van der Waals surface area (Å²) in [4.78, 5) is 8.14. The minimum atomic E-state index is -0.304. The van der Waals surface area contributed by atoms with Gasteiger partial charge in [-0.05, 0) is 12.8 Å². The lowest BCUT2D eigenvalue weighted by molar-refractivity contribution is 0.144. The van der Waals surface area contributed by atoms with Crippen LogP contribution >= 0.6 is 11.6 Å². The molecule has 1 heterocycles. The zero-order chi connectivity index (χ0) is 11.4. The summed E-state index contributed by atoms with van der Waals surface area (Å²) >= 11 is 5.71. The van der Waals surface area contributed by atoms with Crippen molar-refractivity contribution >= 4 is 17.5 Å². The molecule has 0 aliphatic heterocycles. The van der Waals surface area contributed by atoms with Gasteiger partial charge in [0.25, 0.3) is 0 Å². The molecule has 0 aromatic carbocycles. The Hall–Kier alpha value is -0.870. The quantitative estimate of drug-likeness (QED) is 0.780. The number of nitrogens with zero attached hydrogens (tertiary/aromatic N) is 2. The molecule has 2 atom stereocenters. The third-order valence-corrected chi connectivity index (χ3v) is 3.11. The fourth-order valence-electron chi connectivity index (χ4n) is 2.01. The SMILES string of the molecule is OC1CCCCCC1Nc1ncc(Cl)cn1. The van der Waals surface area contributed by atoms with Gasteiger partial charge in [-0.15, -0.1) is 0 Å². The highest BCUT2D eigenvalue weighted by Crippen LogP contribution is 2.20. The van der Waals surface area contributed by atoms with E-state index < -0.39 is 0 Å². The number of anilines is 1. The van der Waals surface area contributed by atoms with Crippen LogP contribution in [0, 0.1) is 0 Å². The van der Waals surface area contributed by atoms with E-state index in [1.165, 1.54) is 6.42 Å². The summed E-state index contributed by atoms with van der Waals surface area (Å²) in [7, 11) is 0. The molecule has 2 unspecified atom stereocenters. The van der Waals surface area contributed by atoms with Gasteiger partial charge in [-0.3, -0.25) is 0 Å². The normalized spacial score (nSPS) is 26.1. The van der Waals surface area contributed by atoms with E-state index in [4.69, 9.17) is 11.6 Å². The van der Waals surface area contributed by atoms with Gasteiger partial charge in [0.1, 0.15) is 0 Å². The van der Waals surface area contributed by atoms with E-state index in [2.05, 4.69) is 15.3 Å². The van der Waals surface area contributed by atoms with Crippen LogP contribution < -0.4 is 5.32 Å². The maximum absolute atomic E-state index is 9.92. The summed E-state index contributed by atoms with van der Waals surface area (Å²) in [5.41, 5.74) is 0. The van der Waals surface area contributed by atoms with Gasteiger partial charge in [0.05, 0.1) is 29.6 Å². The Kier molecular flexibility index (Phi) is 3.96. The van der Waals surface area contributed by atoms with Gasteiger partial charge in [0.2, 0.25) is 5.95 Å². The van der Waals surface area contributed by atoms with Gasteiger partial charge < -0.3 is 10.4 Å². The number of hydrogen-bond donors (Lipinski definition) is 2. The average molecular weight is 242 g/mol. The second-order valence-corrected chi connectivity index (χ2v) is 4.62. The summed E-state index contributed by atoms with van der Waals surface area (Å²) in [5.74, 6) is 0.537. The highest BCUT2D eigenvalue weighted by molar-refractivity contribution is 6.30. The van der Waals surface area contributed by atoms with Crippen molar-refractivity contribution in [3.8, 4) is 0 Å². The molecule has 88 valence electrons. The van der Waals surface area contributed by atoms with Crippen LogP contribution in [0.1, 0.15) is 32.1 Å². The second kappa shape index (κ2) is 5.46. The van der Waals surface area contributed by atoms with Crippen molar-refractivity contribution in [2.45, 2.75) is 44.2 Å². The molecule has 16 heavy (non-hydrogen) atoms. The van der Waals surface area contributed by atoms with Crippen LogP contribution in [0.25, 0.3) is 0 Å². The largest absolute Gasteiger partial charge is 0.391 e. The Morgan fingerprint density at radius 2 is 1.88 bits per heavy atom. The molecular formula is C11H16ClN3O. The van der Waals surface area contributed by atoms with Crippen LogP contribution in [-0.4, -0.2) is 27.2 Å². The molecule has 1 fully saturated rings. The van der Waals surface area contributed by atoms with Crippen molar-refractivity contribution < 1.29 is 5.11 Å². The van der Waals surface area contributed by atoms with Gasteiger partial charge >= 0.3 is 0 Å². The van der Waals surface area contributed by atoms with Gasteiger partial charge in [-0.25, -0.2) is 9.97 Å². The number of nitrogens with one attached hydrogen (secondary N) is 1. The maximum Gasteiger partial charge on any atom is 0.222 e. The molecule has 2 N–H and O–H groups in total.